The van der Waals surface area contributed by atoms with Crippen LogP contribution in [0.25, 0.3) is 0 Å². The second-order valence-corrected chi connectivity index (χ2v) is 6.58. The second-order valence-electron chi connectivity index (χ2n) is 6.17. The molecule has 0 radical (unpaired) electrons. The molecule has 0 spiro atoms. The molecule has 1 atom stereocenters. The maximum Gasteiger partial charge on any atom is 0.0471 e. The number of nitrogens with one attached hydrogen (secondary N) is 1. The first-order valence-corrected chi connectivity index (χ1v) is 7.99. The Morgan fingerprint density at radius 3 is 2.80 bits per heavy atom. The van der Waals surface area contributed by atoms with Crippen molar-refractivity contribution in [1.29, 1.82) is 0 Å². The van der Waals surface area contributed by atoms with Crippen molar-refractivity contribution in [2.24, 2.45) is 0 Å². The molecule has 0 bridgehead atoms. The summed E-state index contributed by atoms with van der Waals surface area (Å²) in [6.45, 7) is 6.45. The molecule has 20 heavy (non-hydrogen) atoms. The number of likely N-dealkylation sites (N-methyl/N-ethyl adjacent to an activating group) is 1. The maximum absolute atomic E-state index is 6.44. The summed E-state index contributed by atoms with van der Waals surface area (Å²) in [6, 6.07) is 7.60. The highest BCUT2D eigenvalue weighted by molar-refractivity contribution is 6.31. The van der Waals surface area contributed by atoms with Gasteiger partial charge in [0, 0.05) is 54.5 Å². The lowest BCUT2D eigenvalue weighted by atomic mass is 10.1. The number of anilines is 1. The Bertz CT molecular complexity index is 473. The Kier molecular flexibility index (Phi) is 4.20. The summed E-state index contributed by atoms with van der Waals surface area (Å²) in [5.41, 5.74) is 2.57. The third-order valence-electron chi connectivity index (χ3n) is 4.54. The summed E-state index contributed by atoms with van der Waals surface area (Å²) < 4.78 is 0. The summed E-state index contributed by atoms with van der Waals surface area (Å²) in [5, 5.41) is 4.48. The number of rotatable bonds is 4. The molecule has 1 aliphatic carbocycles. The van der Waals surface area contributed by atoms with Gasteiger partial charge in [-0.2, -0.15) is 0 Å². The van der Waals surface area contributed by atoms with Gasteiger partial charge in [0.1, 0.15) is 0 Å². The minimum Gasteiger partial charge on any atom is -0.368 e. The zero-order valence-corrected chi connectivity index (χ0v) is 13.2. The van der Waals surface area contributed by atoms with E-state index in [-0.39, 0.29) is 0 Å². The first kappa shape index (κ1) is 14.2. The lowest BCUT2D eigenvalue weighted by Crippen LogP contribution is -2.50. The fraction of sp³-hybridized carbons (Fsp3) is 0.625. The second kappa shape index (κ2) is 5.92. The SMILES string of the molecule is CC1CN(c2cccc(Cl)c2CNC2CC2)CCN1C. The topological polar surface area (TPSA) is 18.5 Å². The number of hydrogen-bond acceptors (Lipinski definition) is 3. The van der Waals surface area contributed by atoms with Crippen molar-refractivity contribution in [3.63, 3.8) is 0 Å². The monoisotopic (exact) mass is 293 g/mol. The van der Waals surface area contributed by atoms with Crippen LogP contribution in [-0.4, -0.2) is 43.7 Å². The Hall–Kier alpha value is -0.770. The molecule has 1 aromatic rings. The van der Waals surface area contributed by atoms with Crippen molar-refractivity contribution >= 4 is 17.3 Å². The molecule has 2 fully saturated rings. The molecule has 2 aliphatic rings. The van der Waals surface area contributed by atoms with E-state index < -0.39 is 0 Å². The van der Waals surface area contributed by atoms with Gasteiger partial charge >= 0.3 is 0 Å². The molecule has 1 N–H and O–H groups in total. The van der Waals surface area contributed by atoms with E-state index in [1.165, 1.54) is 24.1 Å². The third kappa shape index (κ3) is 3.11. The average molecular weight is 294 g/mol. The Morgan fingerprint density at radius 1 is 1.30 bits per heavy atom. The van der Waals surface area contributed by atoms with Crippen LogP contribution in [0.3, 0.4) is 0 Å². The molecule has 0 aromatic heterocycles. The summed E-state index contributed by atoms with van der Waals surface area (Å²) in [4.78, 5) is 4.91. The van der Waals surface area contributed by atoms with Crippen LogP contribution in [-0.2, 0) is 6.54 Å². The van der Waals surface area contributed by atoms with Gasteiger partial charge in [0.05, 0.1) is 0 Å². The molecule has 1 saturated carbocycles. The minimum absolute atomic E-state index is 0.590. The summed E-state index contributed by atoms with van der Waals surface area (Å²) in [7, 11) is 2.20. The van der Waals surface area contributed by atoms with E-state index >= 15 is 0 Å². The van der Waals surface area contributed by atoms with E-state index in [0.29, 0.717) is 12.1 Å². The normalized spacial score (nSPS) is 24.1. The van der Waals surface area contributed by atoms with Crippen molar-refractivity contribution < 1.29 is 0 Å². The van der Waals surface area contributed by atoms with Gasteiger partial charge in [0.2, 0.25) is 0 Å². The van der Waals surface area contributed by atoms with Crippen molar-refractivity contribution in [2.45, 2.75) is 38.4 Å². The maximum atomic E-state index is 6.44. The van der Waals surface area contributed by atoms with Gasteiger partial charge < -0.3 is 15.1 Å². The molecule has 3 nitrogen and oxygen atoms in total. The van der Waals surface area contributed by atoms with Crippen LogP contribution in [0.15, 0.2) is 18.2 Å². The quantitative estimate of drug-likeness (QED) is 0.921. The van der Waals surface area contributed by atoms with Gasteiger partial charge in [-0.25, -0.2) is 0 Å². The van der Waals surface area contributed by atoms with Crippen LogP contribution < -0.4 is 10.2 Å². The van der Waals surface area contributed by atoms with Gasteiger partial charge in [-0.1, -0.05) is 17.7 Å². The fourth-order valence-electron chi connectivity index (χ4n) is 2.82. The van der Waals surface area contributed by atoms with E-state index in [0.717, 1.165) is 31.2 Å². The summed E-state index contributed by atoms with van der Waals surface area (Å²) in [5.74, 6) is 0. The van der Waals surface area contributed by atoms with E-state index in [9.17, 15) is 0 Å². The van der Waals surface area contributed by atoms with Crippen LogP contribution in [0.5, 0.6) is 0 Å². The molecule has 4 heteroatoms. The Morgan fingerprint density at radius 2 is 2.10 bits per heavy atom. The van der Waals surface area contributed by atoms with Crippen molar-refractivity contribution in [3.05, 3.63) is 28.8 Å². The zero-order valence-electron chi connectivity index (χ0n) is 12.4. The molecular weight excluding hydrogens is 270 g/mol. The van der Waals surface area contributed by atoms with E-state index in [1.807, 2.05) is 6.07 Å². The summed E-state index contributed by atoms with van der Waals surface area (Å²) in [6.07, 6.45) is 2.62. The molecule has 1 heterocycles. The largest absolute Gasteiger partial charge is 0.368 e. The van der Waals surface area contributed by atoms with Gasteiger partial charge in [-0.3, -0.25) is 0 Å². The minimum atomic E-state index is 0.590. The number of benzene rings is 1. The fourth-order valence-corrected chi connectivity index (χ4v) is 3.06. The van der Waals surface area contributed by atoms with E-state index in [4.69, 9.17) is 11.6 Å². The Labute approximate surface area is 126 Å². The smallest absolute Gasteiger partial charge is 0.0471 e. The average Bonchev–Trinajstić information content (AvgIpc) is 3.24. The number of nitrogens with zero attached hydrogens (tertiary/aromatic N) is 2. The number of halogens is 1. The lowest BCUT2D eigenvalue weighted by Gasteiger charge is -2.40. The van der Waals surface area contributed by atoms with E-state index in [2.05, 4.69) is 41.2 Å². The highest BCUT2D eigenvalue weighted by atomic mass is 35.5. The van der Waals surface area contributed by atoms with Crippen LogP contribution in [0.1, 0.15) is 25.3 Å². The lowest BCUT2D eigenvalue weighted by molar-refractivity contribution is 0.234. The molecule has 3 rings (SSSR count). The first-order chi connectivity index (χ1) is 9.65. The van der Waals surface area contributed by atoms with Crippen molar-refractivity contribution in [3.8, 4) is 0 Å². The predicted octanol–water partition coefficient (Wildman–Crippen LogP) is 2.73. The standard InChI is InChI=1S/C16H24ClN3/c1-12-11-20(9-8-19(12)2)16-5-3-4-15(17)14(16)10-18-13-6-7-13/h3-5,12-13,18H,6-11H2,1-2H3. The number of piperazine rings is 1. The third-order valence-corrected chi connectivity index (χ3v) is 4.89. The van der Waals surface area contributed by atoms with Crippen LogP contribution in [0, 0.1) is 0 Å². The molecule has 1 saturated heterocycles. The zero-order chi connectivity index (χ0) is 14.1. The van der Waals surface area contributed by atoms with Crippen molar-refractivity contribution in [2.75, 3.05) is 31.6 Å². The molecule has 1 aromatic carbocycles. The van der Waals surface area contributed by atoms with E-state index in [1.54, 1.807) is 0 Å². The van der Waals surface area contributed by atoms with Crippen LogP contribution >= 0.6 is 11.6 Å². The summed E-state index contributed by atoms with van der Waals surface area (Å²) >= 11 is 6.44. The van der Waals surface area contributed by atoms with Gasteiger partial charge in [0.15, 0.2) is 0 Å². The predicted molar refractivity (Wildman–Crippen MR) is 85.6 cm³/mol. The molecule has 1 unspecified atom stereocenters. The van der Waals surface area contributed by atoms with Crippen LogP contribution in [0.2, 0.25) is 5.02 Å². The Balaban J connectivity index is 1.78. The molecule has 0 amide bonds. The molecular formula is C16H24ClN3. The molecule has 110 valence electrons. The first-order valence-electron chi connectivity index (χ1n) is 7.61. The molecule has 1 aliphatic heterocycles. The highest BCUT2D eigenvalue weighted by Gasteiger charge is 2.25. The number of hydrogen-bond donors (Lipinski definition) is 1. The van der Waals surface area contributed by atoms with Gasteiger partial charge in [-0.05, 0) is 38.9 Å². The van der Waals surface area contributed by atoms with Gasteiger partial charge in [0.25, 0.3) is 0 Å². The van der Waals surface area contributed by atoms with Crippen LogP contribution in [0.4, 0.5) is 5.69 Å². The van der Waals surface area contributed by atoms with Crippen molar-refractivity contribution in [1.82, 2.24) is 10.2 Å². The van der Waals surface area contributed by atoms with Gasteiger partial charge in [-0.15, -0.1) is 0 Å². The highest BCUT2D eigenvalue weighted by Crippen LogP contribution is 2.30.